The molecule has 29 heavy (non-hydrogen) atoms. The first kappa shape index (κ1) is 23.8. The molecular weight excluding hydrogens is 420 g/mol. The number of aliphatic hydroxyl groups excluding tert-OH is 1. The Hall–Kier alpha value is -1.49. The lowest BCUT2D eigenvalue weighted by Gasteiger charge is -2.40. The Kier molecular flexibility index (Phi) is 7.14. The van der Waals surface area contributed by atoms with E-state index >= 15 is 0 Å². The summed E-state index contributed by atoms with van der Waals surface area (Å²) in [6, 6.07) is 0. The number of carbonyl (C=O) groups excluding carboxylic acids is 1. The first-order chi connectivity index (χ1) is 13.4. The number of amides is 1. The summed E-state index contributed by atoms with van der Waals surface area (Å²) in [6.45, 7) is 13.0. The number of aliphatic imine (C=N–C) groups is 1. The summed E-state index contributed by atoms with van der Waals surface area (Å²) in [5, 5.41) is 9.54. The van der Waals surface area contributed by atoms with Crippen LogP contribution in [0.15, 0.2) is 11.2 Å². The van der Waals surface area contributed by atoms with Crippen LogP contribution in [0.1, 0.15) is 37.4 Å². The highest BCUT2D eigenvalue weighted by Gasteiger charge is 2.52. The summed E-state index contributed by atoms with van der Waals surface area (Å²) < 4.78 is 44.4. The fourth-order valence-corrected chi connectivity index (χ4v) is 4.60. The van der Waals surface area contributed by atoms with E-state index in [0.717, 1.165) is 6.20 Å². The lowest BCUT2D eigenvalue weighted by atomic mass is 10.1. The largest absolute Gasteiger partial charge is 0.406 e. The zero-order valence-electron chi connectivity index (χ0n) is 17.1. The Bertz CT molecular complexity index is 797. The Balaban J connectivity index is 2.59. The predicted octanol–water partition coefficient (Wildman–Crippen LogP) is 2.93. The molecule has 162 valence electrons. The Morgan fingerprint density at radius 1 is 1.48 bits per heavy atom. The molecule has 0 unspecified atom stereocenters. The van der Waals surface area contributed by atoms with Crippen LogP contribution in [-0.2, 0) is 18.3 Å². The fraction of sp³-hybridized carbons (Fsp3) is 0.647. The quantitative estimate of drug-likeness (QED) is 0.359. The smallest absolute Gasteiger partial charge is 0.327 e. The molecule has 12 heteroatoms. The molecule has 1 fully saturated rings. The summed E-state index contributed by atoms with van der Waals surface area (Å²) >= 11 is 0. The van der Waals surface area contributed by atoms with E-state index < -0.39 is 65.4 Å². The molecule has 1 aromatic rings. The minimum absolute atomic E-state index is 0.124. The topological polar surface area (TPSA) is 125 Å². The van der Waals surface area contributed by atoms with Crippen LogP contribution in [0.5, 0.6) is 0 Å². The molecule has 0 spiro atoms. The van der Waals surface area contributed by atoms with Crippen molar-refractivity contribution in [1.82, 2.24) is 4.57 Å². The molecule has 1 aliphatic rings. The van der Waals surface area contributed by atoms with Gasteiger partial charge >= 0.3 is 8.69 Å². The van der Waals surface area contributed by atoms with Gasteiger partial charge in [0.05, 0.1) is 6.61 Å². The van der Waals surface area contributed by atoms with Crippen LogP contribution in [0.4, 0.5) is 10.2 Å². The van der Waals surface area contributed by atoms with Crippen molar-refractivity contribution in [1.29, 1.82) is 0 Å². The van der Waals surface area contributed by atoms with E-state index in [1.54, 1.807) is 0 Å². The SMILES string of the molecule is C=Nc1c(C(N)=O)c(F)cn1[C@@H]1O[C@H](CO)[C@@H](OP=O)[C@H]1O[Si](C)(C)C(C)(C)C. The Morgan fingerprint density at radius 2 is 2.10 bits per heavy atom. The van der Waals surface area contributed by atoms with Gasteiger partial charge in [-0.15, -0.1) is 0 Å². The maximum Gasteiger partial charge on any atom is 0.327 e. The molecule has 1 saturated heterocycles. The molecule has 0 aliphatic carbocycles. The van der Waals surface area contributed by atoms with E-state index in [2.05, 4.69) is 11.7 Å². The normalized spacial score (nSPS) is 25.5. The van der Waals surface area contributed by atoms with Gasteiger partial charge in [0.2, 0.25) is 0 Å². The standard InChI is InChI=1S/C17H27FN3O6PSi/c1-17(2,3)29(5,6)27-13-12(26-28-24)10(8-22)25-16(13)21-7-9(18)11(14(19)23)15(21)20-4/h7,10,12-13,16,22H,4,8H2,1-3,5-6H3,(H2,19,23)/t10-,12-,13-,16-/m1/s1. The first-order valence-corrected chi connectivity index (χ1v) is 12.6. The van der Waals surface area contributed by atoms with Crippen molar-refractivity contribution in [3.05, 3.63) is 17.6 Å². The molecule has 1 amide bonds. The minimum Gasteiger partial charge on any atom is -0.406 e. The molecule has 2 rings (SSSR count). The number of hydrogen-bond donors (Lipinski definition) is 2. The lowest BCUT2D eigenvalue weighted by molar-refractivity contribution is -0.0492. The second-order valence-electron chi connectivity index (χ2n) is 8.34. The van der Waals surface area contributed by atoms with Gasteiger partial charge in [-0.2, -0.15) is 0 Å². The van der Waals surface area contributed by atoms with Crippen LogP contribution in [-0.4, -0.2) is 55.5 Å². The van der Waals surface area contributed by atoms with Gasteiger partial charge < -0.3 is 24.6 Å². The van der Waals surface area contributed by atoms with Gasteiger partial charge in [0.1, 0.15) is 29.7 Å². The van der Waals surface area contributed by atoms with Crippen molar-refractivity contribution >= 4 is 35.4 Å². The third-order valence-electron chi connectivity index (χ3n) is 5.50. The van der Waals surface area contributed by atoms with Gasteiger partial charge in [-0.25, -0.2) is 13.9 Å². The Morgan fingerprint density at radius 3 is 2.55 bits per heavy atom. The predicted molar refractivity (Wildman–Crippen MR) is 108 cm³/mol. The molecule has 4 atom stereocenters. The van der Waals surface area contributed by atoms with Gasteiger partial charge in [0.25, 0.3) is 5.91 Å². The number of rotatable bonds is 8. The van der Waals surface area contributed by atoms with E-state index in [9.17, 15) is 18.9 Å². The number of halogens is 1. The molecule has 2 heterocycles. The van der Waals surface area contributed by atoms with E-state index in [0.29, 0.717) is 0 Å². The van der Waals surface area contributed by atoms with Crippen LogP contribution >= 0.6 is 8.69 Å². The summed E-state index contributed by atoms with van der Waals surface area (Å²) in [5.41, 5.74) is 4.84. The minimum atomic E-state index is -2.41. The molecule has 9 nitrogen and oxygen atoms in total. The van der Waals surface area contributed by atoms with Crippen LogP contribution in [0.25, 0.3) is 0 Å². The van der Waals surface area contributed by atoms with Crippen molar-refractivity contribution in [3.63, 3.8) is 0 Å². The van der Waals surface area contributed by atoms with Crippen molar-refractivity contribution in [2.75, 3.05) is 6.61 Å². The maximum absolute atomic E-state index is 14.4. The van der Waals surface area contributed by atoms with Gasteiger partial charge in [-0.1, -0.05) is 20.8 Å². The average molecular weight is 447 g/mol. The number of nitrogens with two attached hydrogens (primary N) is 1. The summed E-state index contributed by atoms with van der Waals surface area (Å²) in [5.74, 6) is -2.02. The highest BCUT2D eigenvalue weighted by molar-refractivity contribution is 7.17. The van der Waals surface area contributed by atoms with Crippen molar-refractivity contribution in [3.8, 4) is 0 Å². The number of nitrogens with zero attached hydrogens (tertiary/aromatic N) is 2. The van der Waals surface area contributed by atoms with E-state index in [-0.39, 0.29) is 10.9 Å². The summed E-state index contributed by atoms with van der Waals surface area (Å²) in [7, 11) is -3.02. The number of ether oxygens (including phenoxy) is 1. The molecule has 0 bridgehead atoms. The average Bonchev–Trinajstić information content (AvgIpc) is 3.11. The third-order valence-corrected chi connectivity index (χ3v) is 10.3. The van der Waals surface area contributed by atoms with Crippen molar-refractivity contribution in [2.45, 2.75) is 63.4 Å². The van der Waals surface area contributed by atoms with Crippen LogP contribution in [0, 0.1) is 5.82 Å². The summed E-state index contributed by atoms with van der Waals surface area (Å²) in [6.07, 6.45) is -2.66. The van der Waals surface area contributed by atoms with Crippen LogP contribution in [0.3, 0.4) is 0 Å². The Labute approximate surface area is 171 Å². The monoisotopic (exact) mass is 447 g/mol. The second-order valence-corrected chi connectivity index (χ2v) is 13.5. The number of primary amides is 1. The van der Waals surface area contributed by atoms with Gasteiger partial charge in [-0.3, -0.25) is 9.32 Å². The zero-order valence-corrected chi connectivity index (χ0v) is 19.0. The highest BCUT2D eigenvalue weighted by atomic mass is 31.1. The highest BCUT2D eigenvalue weighted by Crippen LogP contribution is 2.44. The van der Waals surface area contributed by atoms with Crippen LogP contribution in [0.2, 0.25) is 18.1 Å². The fourth-order valence-electron chi connectivity index (χ4n) is 2.96. The maximum atomic E-state index is 14.4. The molecule has 1 aromatic heterocycles. The van der Waals surface area contributed by atoms with E-state index in [1.807, 2.05) is 33.9 Å². The molecular formula is C17H27FN3O6PSi. The first-order valence-electron chi connectivity index (χ1n) is 8.99. The van der Waals surface area contributed by atoms with Gasteiger partial charge in [0.15, 0.2) is 20.4 Å². The third kappa shape index (κ3) is 4.50. The van der Waals surface area contributed by atoms with Gasteiger partial charge in [0, 0.05) is 6.20 Å². The molecule has 0 saturated carbocycles. The van der Waals surface area contributed by atoms with Crippen LogP contribution < -0.4 is 5.73 Å². The van der Waals surface area contributed by atoms with Gasteiger partial charge in [-0.05, 0) is 24.8 Å². The van der Waals surface area contributed by atoms with Crippen molar-refractivity contribution in [2.24, 2.45) is 10.7 Å². The second kappa shape index (κ2) is 8.71. The number of aliphatic hydroxyl groups is 1. The molecule has 1 aliphatic heterocycles. The number of carbonyl (C=O) groups is 1. The van der Waals surface area contributed by atoms with E-state index in [1.165, 1.54) is 4.57 Å². The number of aromatic nitrogens is 1. The molecule has 0 aromatic carbocycles. The van der Waals surface area contributed by atoms with E-state index in [4.69, 9.17) is 19.4 Å². The molecule has 3 N–H and O–H groups in total. The zero-order chi connectivity index (χ0) is 22.1. The lowest BCUT2D eigenvalue weighted by Crippen LogP contribution is -2.49. The molecule has 0 radical (unpaired) electrons. The number of hydrogen-bond acceptors (Lipinski definition) is 7. The summed E-state index contributed by atoms with van der Waals surface area (Å²) in [4.78, 5) is 15.4. The van der Waals surface area contributed by atoms with Crippen molar-refractivity contribution < 1.29 is 32.5 Å².